The number of pyridine rings is 1. The van der Waals surface area contributed by atoms with Crippen LogP contribution in [0.4, 0.5) is 5.69 Å². The summed E-state index contributed by atoms with van der Waals surface area (Å²) in [6, 6.07) is 9.34. The smallest absolute Gasteiger partial charge is 0.264 e. The van der Waals surface area contributed by atoms with E-state index in [9.17, 15) is 14.4 Å². The van der Waals surface area contributed by atoms with Crippen LogP contribution < -0.4 is 16.6 Å². The molecule has 2 rings (SSSR count). The van der Waals surface area contributed by atoms with Gasteiger partial charge in [-0.3, -0.25) is 14.4 Å². The zero-order chi connectivity index (χ0) is 19.4. The van der Waals surface area contributed by atoms with Gasteiger partial charge in [0.25, 0.3) is 11.5 Å². The summed E-state index contributed by atoms with van der Waals surface area (Å²) >= 11 is 0. The Balaban J connectivity index is 2.19. The Hall–Kier alpha value is -2.89. The molecule has 138 valence electrons. The lowest BCUT2D eigenvalue weighted by Gasteiger charge is -2.14. The Bertz CT molecular complexity index is 882. The van der Waals surface area contributed by atoms with Gasteiger partial charge in [-0.15, -0.1) is 0 Å². The molecular weight excluding hydrogens is 330 g/mol. The van der Waals surface area contributed by atoms with Gasteiger partial charge in [0.1, 0.15) is 12.1 Å². The first-order valence-corrected chi connectivity index (χ1v) is 8.65. The number of anilines is 1. The van der Waals surface area contributed by atoms with Gasteiger partial charge in [0.05, 0.1) is 0 Å². The summed E-state index contributed by atoms with van der Waals surface area (Å²) in [7, 11) is 0. The van der Waals surface area contributed by atoms with Crippen molar-refractivity contribution >= 4 is 17.5 Å². The third-order valence-corrected chi connectivity index (χ3v) is 4.63. The van der Waals surface area contributed by atoms with E-state index in [0.717, 1.165) is 6.42 Å². The summed E-state index contributed by atoms with van der Waals surface area (Å²) in [5.41, 5.74) is 7.64. The normalized spacial score (nSPS) is 11.8. The fourth-order valence-electron chi connectivity index (χ4n) is 2.90. The lowest BCUT2D eigenvalue weighted by atomic mass is 9.99. The number of primary amides is 1. The first-order chi connectivity index (χ1) is 12.2. The van der Waals surface area contributed by atoms with Crippen LogP contribution in [-0.4, -0.2) is 16.4 Å². The van der Waals surface area contributed by atoms with E-state index in [1.54, 1.807) is 19.9 Å². The van der Waals surface area contributed by atoms with Crippen LogP contribution in [0.1, 0.15) is 53.4 Å². The molecule has 3 N–H and O–H groups in total. The highest BCUT2D eigenvalue weighted by Gasteiger charge is 2.16. The van der Waals surface area contributed by atoms with Gasteiger partial charge in [0.2, 0.25) is 5.91 Å². The highest BCUT2D eigenvalue weighted by molar-refractivity contribution is 5.94. The van der Waals surface area contributed by atoms with E-state index >= 15 is 0 Å². The van der Waals surface area contributed by atoms with E-state index in [2.05, 4.69) is 19.2 Å². The van der Waals surface area contributed by atoms with E-state index < -0.39 is 11.5 Å². The van der Waals surface area contributed by atoms with E-state index in [1.807, 2.05) is 24.3 Å². The number of nitrogens with two attached hydrogens (primary N) is 1. The molecule has 1 aromatic carbocycles. The minimum atomic E-state index is -0.790. The fraction of sp³-hybridized carbons (Fsp3) is 0.350. The summed E-state index contributed by atoms with van der Waals surface area (Å²) in [6.07, 6.45) is 1.05. The molecule has 6 heteroatoms. The average molecular weight is 355 g/mol. The van der Waals surface area contributed by atoms with E-state index in [-0.39, 0.29) is 18.0 Å². The molecule has 0 aliphatic heterocycles. The lowest BCUT2D eigenvalue weighted by Crippen LogP contribution is -2.35. The molecule has 6 nitrogen and oxygen atoms in total. The molecule has 0 saturated carbocycles. The summed E-state index contributed by atoms with van der Waals surface area (Å²) in [6.45, 7) is 7.46. The topological polar surface area (TPSA) is 94.2 Å². The maximum Gasteiger partial charge on any atom is 0.264 e. The van der Waals surface area contributed by atoms with Crippen LogP contribution in [0.2, 0.25) is 0 Å². The number of carbonyl (C=O) groups excluding carboxylic acids is 2. The zero-order valence-electron chi connectivity index (χ0n) is 15.6. The van der Waals surface area contributed by atoms with Gasteiger partial charge in [-0.05, 0) is 55.5 Å². The molecule has 0 aliphatic rings. The highest BCUT2D eigenvalue weighted by atomic mass is 16.2. The Morgan fingerprint density at radius 1 is 1.19 bits per heavy atom. The predicted octanol–water partition coefficient (Wildman–Crippen LogP) is 2.72. The Kier molecular flexibility index (Phi) is 5.97. The molecule has 0 unspecified atom stereocenters. The minimum absolute atomic E-state index is 0.0821. The number of benzene rings is 1. The number of aromatic nitrogens is 1. The van der Waals surface area contributed by atoms with Crippen LogP contribution in [0.25, 0.3) is 0 Å². The van der Waals surface area contributed by atoms with E-state index in [0.29, 0.717) is 22.9 Å². The molecule has 0 saturated heterocycles. The Labute approximate surface area is 153 Å². The fourth-order valence-corrected chi connectivity index (χ4v) is 2.90. The molecule has 1 heterocycles. The van der Waals surface area contributed by atoms with Crippen molar-refractivity contribution in [2.45, 2.75) is 46.6 Å². The summed E-state index contributed by atoms with van der Waals surface area (Å²) in [5.74, 6) is -0.672. The molecule has 0 aliphatic carbocycles. The van der Waals surface area contributed by atoms with Crippen molar-refractivity contribution in [3.8, 4) is 0 Å². The Morgan fingerprint density at radius 2 is 1.81 bits per heavy atom. The third kappa shape index (κ3) is 4.20. The molecule has 0 radical (unpaired) electrons. The van der Waals surface area contributed by atoms with Crippen LogP contribution >= 0.6 is 0 Å². The van der Waals surface area contributed by atoms with Crippen molar-refractivity contribution in [2.24, 2.45) is 5.73 Å². The van der Waals surface area contributed by atoms with Crippen LogP contribution in [0.3, 0.4) is 0 Å². The van der Waals surface area contributed by atoms with Crippen LogP contribution in [-0.2, 0) is 11.3 Å². The van der Waals surface area contributed by atoms with Gasteiger partial charge in [-0.1, -0.05) is 26.0 Å². The number of carbonyl (C=O) groups is 2. The summed E-state index contributed by atoms with van der Waals surface area (Å²) in [4.78, 5) is 36.3. The molecule has 1 aromatic heterocycles. The maximum absolute atomic E-state index is 12.5. The van der Waals surface area contributed by atoms with Crippen LogP contribution in [0, 0.1) is 13.8 Å². The molecular formula is C20H25N3O3. The van der Waals surface area contributed by atoms with Crippen molar-refractivity contribution in [1.29, 1.82) is 0 Å². The first kappa shape index (κ1) is 19.4. The Morgan fingerprint density at radius 3 is 2.35 bits per heavy atom. The first-order valence-electron chi connectivity index (χ1n) is 8.65. The van der Waals surface area contributed by atoms with Crippen LogP contribution in [0.15, 0.2) is 35.1 Å². The second kappa shape index (κ2) is 7.99. The molecule has 2 aromatic rings. The number of rotatable bonds is 6. The van der Waals surface area contributed by atoms with Crippen molar-refractivity contribution in [3.05, 3.63) is 63.1 Å². The molecule has 0 bridgehead atoms. The monoisotopic (exact) mass is 355 g/mol. The minimum Gasteiger partial charge on any atom is -0.365 e. The molecule has 0 spiro atoms. The van der Waals surface area contributed by atoms with Crippen molar-refractivity contribution in [2.75, 3.05) is 5.32 Å². The molecule has 0 fully saturated rings. The standard InChI is InChI=1S/C20H25N3O3/c1-5-12(2)15-6-8-16(9-7-15)22-17(24)11-23-14(4)10-13(3)18(19(21)25)20(23)26/h6-10,12H,5,11H2,1-4H3,(H2,21,25)(H,22,24)/t12-/m1/s1. The number of amides is 2. The molecule has 2 amide bonds. The van der Waals surface area contributed by atoms with Gasteiger partial charge in [0.15, 0.2) is 0 Å². The summed E-state index contributed by atoms with van der Waals surface area (Å²) < 4.78 is 1.26. The van der Waals surface area contributed by atoms with E-state index in [1.165, 1.54) is 10.1 Å². The van der Waals surface area contributed by atoms with Crippen LogP contribution in [0.5, 0.6) is 0 Å². The van der Waals surface area contributed by atoms with Gasteiger partial charge in [-0.2, -0.15) is 0 Å². The highest BCUT2D eigenvalue weighted by Crippen LogP contribution is 2.20. The predicted molar refractivity (Wildman–Crippen MR) is 102 cm³/mol. The molecule has 26 heavy (non-hydrogen) atoms. The number of aryl methyl sites for hydroxylation is 2. The largest absolute Gasteiger partial charge is 0.365 e. The average Bonchev–Trinajstić information content (AvgIpc) is 2.58. The maximum atomic E-state index is 12.5. The van der Waals surface area contributed by atoms with Gasteiger partial charge < -0.3 is 15.6 Å². The van der Waals surface area contributed by atoms with Crippen molar-refractivity contribution < 1.29 is 9.59 Å². The summed E-state index contributed by atoms with van der Waals surface area (Å²) in [5, 5.41) is 2.78. The number of nitrogens with zero attached hydrogens (tertiary/aromatic N) is 1. The lowest BCUT2D eigenvalue weighted by molar-refractivity contribution is -0.116. The number of hydrogen-bond donors (Lipinski definition) is 2. The van der Waals surface area contributed by atoms with Crippen molar-refractivity contribution in [1.82, 2.24) is 4.57 Å². The van der Waals surface area contributed by atoms with Gasteiger partial charge in [0, 0.05) is 11.4 Å². The number of hydrogen-bond acceptors (Lipinski definition) is 3. The quantitative estimate of drug-likeness (QED) is 0.834. The van der Waals surface area contributed by atoms with Crippen molar-refractivity contribution in [3.63, 3.8) is 0 Å². The molecule has 1 atom stereocenters. The van der Waals surface area contributed by atoms with Gasteiger partial charge in [-0.25, -0.2) is 0 Å². The SMILES string of the molecule is CC[C@@H](C)c1ccc(NC(=O)Cn2c(C)cc(C)c(C(N)=O)c2=O)cc1. The number of nitrogens with one attached hydrogen (secondary N) is 1. The second-order valence-corrected chi connectivity index (χ2v) is 6.58. The zero-order valence-corrected chi connectivity index (χ0v) is 15.6. The van der Waals surface area contributed by atoms with E-state index in [4.69, 9.17) is 5.73 Å². The second-order valence-electron chi connectivity index (χ2n) is 6.58. The van der Waals surface area contributed by atoms with Gasteiger partial charge >= 0.3 is 0 Å². The third-order valence-electron chi connectivity index (χ3n) is 4.63.